The first kappa shape index (κ1) is 18.3. The van der Waals surface area contributed by atoms with Crippen LogP contribution < -0.4 is 0 Å². The third-order valence-corrected chi connectivity index (χ3v) is 7.14. The highest BCUT2D eigenvalue weighted by molar-refractivity contribution is 5.28. The summed E-state index contributed by atoms with van der Waals surface area (Å²) in [5, 5.41) is 13.8. The molecule has 1 N–H and O–H groups in total. The van der Waals surface area contributed by atoms with Gasteiger partial charge in [-0.25, -0.2) is 4.39 Å². The van der Waals surface area contributed by atoms with Gasteiger partial charge >= 0.3 is 0 Å². The topological polar surface area (TPSA) is 44.5 Å². The van der Waals surface area contributed by atoms with E-state index in [1.165, 1.54) is 37.1 Å². The van der Waals surface area contributed by atoms with Gasteiger partial charge in [0.1, 0.15) is 5.82 Å². The molecule has 4 aliphatic heterocycles. The molecule has 0 radical (unpaired) electrons. The molecule has 2 aromatic rings. The van der Waals surface area contributed by atoms with Crippen molar-refractivity contribution in [3.05, 3.63) is 53.1 Å². The van der Waals surface area contributed by atoms with Crippen LogP contribution >= 0.6 is 0 Å². The lowest BCUT2D eigenvalue weighted by molar-refractivity contribution is -0.00874. The Labute approximate surface area is 165 Å². The Balaban J connectivity index is 1.44. The summed E-state index contributed by atoms with van der Waals surface area (Å²) in [6, 6.07) is 8.27. The zero-order valence-electron chi connectivity index (χ0n) is 16.5. The Bertz CT molecular complexity index is 828. The van der Waals surface area contributed by atoms with E-state index in [0.29, 0.717) is 24.5 Å². The van der Waals surface area contributed by atoms with E-state index in [0.717, 1.165) is 24.7 Å². The third kappa shape index (κ3) is 3.08. The molecule has 6 rings (SSSR count). The van der Waals surface area contributed by atoms with Crippen molar-refractivity contribution in [2.45, 2.75) is 50.9 Å². The lowest BCUT2D eigenvalue weighted by atomic mass is 9.75. The van der Waals surface area contributed by atoms with Crippen LogP contribution in [-0.2, 0) is 13.1 Å². The zero-order valence-corrected chi connectivity index (χ0v) is 16.5. The van der Waals surface area contributed by atoms with E-state index in [2.05, 4.69) is 28.0 Å². The fraction of sp³-hybridized carbons (Fsp3) is 0.591. The summed E-state index contributed by atoms with van der Waals surface area (Å²) < 4.78 is 15.3. The number of piperidine rings is 3. The van der Waals surface area contributed by atoms with E-state index in [1.807, 2.05) is 16.8 Å². The SMILES string of the molecule is Cc1nn(CCO)cc1CN1C[C@@H](c2ccc(F)cc2)[C@@H]2[C@H]1C1CCN2CC1. The minimum absolute atomic E-state index is 0.110. The van der Waals surface area contributed by atoms with Gasteiger partial charge in [0.15, 0.2) is 0 Å². The maximum atomic E-state index is 13.5. The molecule has 2 bridgehead atoms. The van der Waals surface area contributed by atoms with Crippen LogP contribution in [0.25, 0.3) is 0 Å². The number of halogens is 1. The molecule has 6 heteroatoms. The van der Waals surface area contributed by atoms with Crippen LogP contribution in [0.3, 0.4) is 0 Å². The number of aliphatic hydroxyl groups is 1. The summed E-state index contributed by atoms with van der Waals surface area (Å²) in [6.45, 7) is 7.03. The van der Waals surface area contributed by atoms with Crippen molar-refractivity contribution in [3.63, 3.8) is 0 Å². The second-order valence-corrected chi connectivity index (χ2v) is 8.67. The molecular weight excluding hydrogens is 355 g/mol. The van der Waals surface area contributed by atoms with Crippen molar-refractivity contribution >= 4 is 0 Å². The van der Waals surface area contributed by atoms with Gasteiger partial charge in [-0.3, -0.25) is 14.5 Å². The van der Waals surface area contributed by atoms with Gasteiger partial charge in [0, 0.05) is 42.9 Å². The molecular formula is C22H29FN4O. The standard InChI is InChI=1S/C22H29FN4O/c1-15-18(13-27(24-15)10-11-28)12-26-14-20(16-2-4-19(23)5-3-16)22-21(26)17-6-8-25(22)9-7-17/h2-5,13,17,20-22,28H,6-12,14H2,1H3/t20-,21+,22+/m0/s1. The number of aryl methyl sites for hydroxylation is 1. The van der Waals surface area contributed by atoms with E-state index >= 15 is 0 Å². The van der Waals surface area contributed by atoms with Crippen molar-refractivity contribution in [3.8, 4) is 0 Å². The molecule has 28 heavy (non-hydrogen) atoms. The maximum absolute atomic E-state index is 13.5. The van der Waals surface area contributed by atoms with Crippen molar-refractivity contribution in [1.29, 1.82) is 0 Å². The van der Waals surface area contributed by atoms with Gasteiger partial charge in [-0.05, 0) is 56.5 Å². The predicted octanol–water partition coefficient (Wildman–Crippen LogP) is 2.39. The molecule has 1 aromatic heterocycles. The van der Waals surface area contributed by atoms with Crippen molar-refractivity contribution in [1.82, 2.24) is 19.6 Å². The smallest absolute Gasteiger partial charge is 0.123 e. The second-order valence-electron chi connectivity index (χ2n) is 8.67. The van der Waals surface area contributed by atoms with Crippen LogP contribution in [0.5, 0.6) is 0 Å². The van der Waals surface area contributed by atoms with Crippen LogP contribution in [0.1, 0.15) is 35.6 Å². The van der Waals surface area contributed by atoms with Gasteiger partial charge in [0.2, 0.25) is 0 Å². The summed E-state index contributed by atoms with van der Waals surface area (Å²) in [5.74, 6) is 1.03. The average molecular weight is 384 g/mol. The van der Waals surface area contributed by atoms with Crippen LogP contribution in [0.2, 0.25) is 0 Å². The van der Waals surface area contributed by atoms with Crippen LogP contribution in [0, 0.1) is 18.7 Å². The lowest BCUT2D eigenvalue weighted by Crippen LogP contribution is -2.59. The second kappa shape index (κ2) is 7.25. The summed E-state index contributed by atoms with van der Waals surface area (Å²) in [6.07, 6.45) is 4.67. The molecule has 1 aromatic carbocycles. The monoisotopic (exact) mass is 384 g/mol. The van der Waals surface area contributed by atoms with Crippen LogP contribution in [-0.4, -0.2) is 63.0 Å². The molecule has 4 aliphatic rings. The van der Waals surface area contributed by atoms with Crippen molar-refractivity contribution in [2.75, 3.05) is 26.2 Å². The number of nitrogens with zero attached hydrogens (tertiary/aromatic N) is 4. The van der Waals surface area contributed by atoms with E-state index in [4.69, 9.17) is 0 Å². The van der Waals surface area contributed by atoms with Gasteiger partial charge < -0.3 is 5.11 Å². The van der Waals surface area contributed by atoms with E-state index in [1.54, 1.807) is 12.1 Å². The van der Waals surface area contributed by atoms with E-state index in [-0.39, 0.29) is 12.4 Å². The number of rotatable bonds is 5. The number of hydrogen-bond donors (Lipinski definition) is 1. The Morgan fingerprint density at radius 1 is 1.14 bits per heavy atom. The zero-order chi connectivity index (χ0) is 19.3. The minimum atomic E-state index is -0.160. The molecule has 4 fully saturated rings. The molecule has 150 valence electrons. The summed E-state index contributed by atoms with van der Waals surface area (Å²) in [5.41, 5.74) is 3.57. The highest BCUT2D eigenvalue weighted by Crippen LogP contribution is 2.47. The highest BCUT2D eigenvalue weighted by atomic mass is 19.1. The molecule has 3 atom stereocenters. The maximum Gasteiger partial charge on any atom is 0.123 e. The number of likely N-dealkylation sites (tertiary alicyclic amines) is 1. The summed E-state index contributed by atoms with van der Waals surface area (Å²) >= 11 is 0. The fourth-order valence-corrected chi connectivity index (χ4v) is 5.88. The third-order valence-electron chi connectivity index (χ3n) is 7.14. The van der Waals surface area contributed by atoms with E-state index < -0.39 is 0 Å². The van der Waals surface area contributed by atoms with Gasteiger partial charge in [-0.15, -0.1) is 0 Å². The Morgan fingerprint density at radius 2 is 1.89 bits per heavy atom. The first-order valence-corrected chi connectivity index (χ1v) is 10.5. The first-order valence-electron chi connectivity index (χ1n) is 10.5. The van der Waals surface area contributed by atoms with Crippen LogP contribution in [0.15, 0.2) is 30.5 Å². The molecule has 0 amide bonds. The molecule has 0 spiro atoms. The first-order chi connectivity index (χ1) is 13.6. The normalized spacial score (nSPS) is 32.0. The molecule has 0 aliphatic carbocycles. The summed E-state index contributed by atoms with van der Waals surface area (Å²) in [4.78, 5) is 5.34. The molecule has 5 nitrogen and oxygen atoms in total. The van der Waals surface area contributed by atoms with Crippen LogP contribution in [0.4, 0.5) is 4.39 Å². The van der Waals surface area contributed by atoms with Gasteiger partial charge in [0.05, 0.1) is 18.8 Å². The molecule has 4 saturated heterocycles. The number of hydrogen-bond acceptors (Lipinski definition) is 4. The fourth-order valence-electron chi connectivity index (χ4n) is 5.88. The van der Waals surface area contributed by atoms with Crippen molar-refractivity contribution < 1.29 is 9.50 Å². The van der Waals surface area contributed by atoms with Gasteiger partial charge in [-0.2, -0.15) is 5.10 Å². The number of aromatic nitrogens is 2. The number of benzene rings is 1. The minimum Gasteiger partial charge on any atom is -0.394 e. The molecule has 5 heterocycles. The summed E-state index contributed by atoms with van der Waals surface area (Å²) in [7, 11) is 0. The lowest BCUT2D eigenvalue weighted by Gasteiger charge is -2.51. The van der Waals surface area contributed by atoms with Gasteiger partial charge in [0.25, 0.3) is 0 Å². The largest absolute Gasteiger partial charge is 0.394 e. The Hall–Kier alpha value is -1.76. The average Bonchev–Trinajstić information content (AvgIpc) is 3.26. The quantitative estimate of drug-likeness (QED) is 0.860. The predicted molar refractivity (Wildman–Crippen MR) is 105 cm³/mol. The molecule has 0 saturated carbocycles. The van der Waals surface area contributed by atoms with Gasteiger partial charge in [-0.1, -0.05) is 12.1 Å². The number of fused-ring (bicyclic) bond motifs is 2. The number of aliphatic hydroxyl groups excluding tert-OH is 1. The Morgan fingerprint density at radius 3 is 2.61 bits per heavy atom. The highest BCUT2D eigenvalue weighted by Gasteiger charge is 2.53. The molecule has 0 unspecified atom stereocenters. The van der Waals surface area contributed by atoms with Crippen molar-refractivity contribution in [2.24, 2.45) is 5.92 Å². The Kier molecular flexibility index (Phi) is 4.73. The van der Waals surface area contributed by atoms with E-state index in [9.17, 15) is 9.50 Å².